The van der Waals surface area contributed by atoms with Gasteiger partial charge in [0.25, 0.3) is 0 Å². The van der Waals surface area contributed by atoms with Crippen LogP contribution >= 0.6 is 0 Å². The largest absolute Gasteiger partial charge is 2.00 e. The van der Waals surface area contributed by atoms with Crippen LogP contribution < -0.4 is 0 Å². The second-order valence-corrected chi connectivity index (χ2v) is 3.56. The molecular formula is C10H19O2Zn+. The molecule has 0 saturated heterocycles. The van der Waals surface area contributed by atoms with Crippen LogP contribution in [-0.2, 0) is 29.0 Å². The Morgan fingerprint density at radius 1 is 1.46 bits per heavy atom. The molecule has 0 amide bonds. The maximum atomic E-state index is 11.3. The Labute approximate surface area is 94.2 Å². The summed E-state index contributed by atoms with van der Waals surface area (Å²) in [6.45, 7) is 9.87. The minimum absolute atomic E-state index is 0. The van der Waals surface area contributed by atoms with E-state index in [2.05, 4.69) is 6.92 Å². The zero-order chi connectivity index (χ0) is 9.61. The van der Waals surface area contributed by atoms with E-state index in [-0.39, 0.29) is 30.9 Å². The van der Waals surface area contributed by atoms with E-state index in [0.717, 1.165) is 19.3 Å². The number of ether oxygens (including phenoxy) is 1. The fraction of sp³-hybridized carbons (Fsp3) is 0.800. The third-order valence-corrected chi connectivity index (χ3v) is 1.88. The number of carbonyl (C=O) groups is 1. The van der Waals surface area contributed by atoms with Gasteiger partial charge in [0.1, 0.15) is 0 Å². The minimum atomic E-state index is -0.340. The summed E-state index contributed by atoms with van der Waals surface area (Å²) in [7, 11) is 0. The first-order valence-electron chi connectivity index (χ1n) is 4.51. The Hall–Kier alpha value is 0.0934. The van der Waals surface area contributed by atoms with Gasteiger partial charge < -0.3 is 11.7 Å². The number of hydrogen-bond acceptors (Lipinski definition) is 2. The molecule has 0 saturated carbocycles. The molecule has 72 valence electrons. The summed E-state index contributed by atoms with van der Waals surface area (Å²) in [6, 6.07) is 0. The van der Waals surface area contributed by atoms with Gasteiger partial charge in [-0.05, 0) is 27.2 Å². The number of esters is 1. The Bertz CT molecular complexity index is 144. The van der Waals surface area contributed by atoms with Crippen LogP contribution in [0.1, 0.15) is 40.0 Å². The van der Waals surface area contributed by atoms with Crippen molar-refractivity contribution >= 4 is 5.97 Å². The summed E-state index contributed by atoms with van der Waals surface area (Å²) in [5.41, 5.74) is -0.340. The summed E-state index contributed by atoms with van der Waals surface area (Å²) in [4.78, 5) is 11.3. The van der Waals surface area contributed by atoms with Gasteiger partial charge in [-0.25, -0.2) is 0 Å². The molecule has 0 aromatic heterocycles. The molecule has 3 heteroatoms. The minimum Gasteiger partial charge on any atom is -0.466 e. The van der Waals surface area contributed by atoms with Crippen LogP contribution in [0, 0.1) is 12.3 Å². The first kappa shape index (κ1) is 15.6. The molecule has 2 nitrogen and oxygen atoms in total. The molecule has 0 radical (unpaired) electrons. The molecule has 0 N–H and O–H groups in total. The van der Waals surface area contributed by atoms with E-state index in [1.165, 1.54) is 0 Å². The predicted octanol–water partition coefficient (Wildman–Crippen LogP) is 2.58. The Morgan fingerprint density at radius 3 is 2.38 bits per heavy atom. The normalized spacial score (nSPS) is 10.5. The molecule has 0 bridgehead atoms. The molecule has 0 aromatic rings. The van der Waals surface area contributed by atoms with E-state index < -0.39 is 0 Å². The van der Waals surface area contributed by atoms with Crippen molar-refractivity contribution in [3.8, 4) is 0 Å². The summed E-state index contributed by atoms with van der Waals surface area (Å²) < 4.78 is 4.94. The third-order valence-electron chi connectivity index (χ3n) is 1.88. The van der Waals surface area contributed by atoms with Gasteiger partial charge in [-0.1, -0.05) is 6.42 Å². The molecule has 0 aliphatic carbocycles. The van der Waals surface area contributed by atoms with Crippen molar-refractivity contribution in [3.63, 3.8) is 0 Å². The average Bonchev–Trinajstić information content (AvgIpc) is 2.01. The molecule has 0 aromatic carbocycles. The fourth-order valence-electron chi connectivity index (χ4n) is 0.995. The van der Waals surface area contributed by atoms with Crippen molar-refractivity contribution in [3.05, 3.63) is 6.92 Å². The Morgan fingerprint density at radius 2 is 2.00 bits per heavy atom. The molecule has 0 rings (SSSR count). The SMILES string of the molecule is [CH2-]CCCC(C)(C)C(=O)OCC.[Zn+2]. The van der Waals surface area contributed by atoms with Gasteiger partial charge in [-0.2, -0.15) is 6.42 Å². The smallest absolute Gasteiger partial charge is 0.466 e. The predicted molar refractivity (Wildman–Crippen MR) is 49.6 cm³/mol. The van der Waals surface area contributed by atoms with E-state index in [1.807, 2.05) is 20.8 Å². The van der Waals surface area contributed by atoms with Gasteiger partial charge in [0.15, 0.2) is 0 Å². The standard InChI is InChI=1S/C10H19O2.Zn/c1-5-7-8-10(3,4)9(11)12-6-2;/h1,5-8H2,2-4H3;/q-1;+2. The quantitative estimate of drug-likeness (QED) is 0.417. The molecule has 13 heavy (non-hydrogen) atoms. The number of unbranched alkanes of at least 4 members (excludes halogenated alkanes) is 1. The van der Waals surface area contributed by atoms with Gasteiger partial charge in [0.05, 0.1) is 12.0 Å². The monoisotopic (exact) mass is 235 g/mol. The van der Waals surface area contributed by atoms with Crippen LogP contribution in [0.3, 0.4) is 0 Å². The molecule has 0 aliphatic heterocycles. The van der Waals surface area contributed by atoms with E-state index >= 15 is 0 Å². The molecule has 0 fully saturated rings. The maximum absolute atomic E-state index is 11.3. The van der Waals surface area contributed by atoms with Gasteiger partial charge in [-0.15, -0.1) is 0 Å². The molecule has 0 spiro atoms. The van der Waals surface area contributed by atoms with E-state index in [1.54, 1.807) is 0 Å². The van der Waals surface area contributed by atoms with Crippen molar-refractivity contribution in [2.75, 3.05) is 6.61 Å². The van der Waals surface area contributed by atoms with Crippen LogP contribution in [0.4, 0.5) is 0 Å². The zero-order valence-corrected chi connectivity index (χ0v) is 12.0. The van der Waals surface area contributed by atoms with Gasteiger partial charge in [0.2, 0.25) is 0 Å². The molecule has 0 heterocycles. The number of carbonyl (C=O) groups excluding carboxylic acids is 1. The third kappa shape index (κ3) is 6.20. The molecule has 0 atom stereocenters. The van der Waals surface area contributed by atoms with Crippen LogP contribution in [0.2, 0.25) is 0 Å². The number of rotatable bonds is 5. The van der Waals surface area contributed by atoms with E-state index in [0.29, 0.717) is 6.61 Å². The molecular weight excluding hydrogens is 217 g/mol. The van der Waals surface area contributed by atoms with E-state index in [4.69, 9.17) is 4.74 Å². The fourth-order valence-corrected chi connectivity index (χ4v) is 0.995. The topological polar surface area (TPSA) is 26.3 Å². The van der Waals surface area contributed by atoms with Crippen LogP contribution in [-0.4, -0.2) is 12.6 Å². The van der Waals surface area contributed by atoms with Crippen LogP contribution in [0.15, 0.2) is 0 Å². The van der Waals surface area contributed by atoms with Crippen molar-refractivity contribution in [1.29, 1.82) is 0 Å². The van der Waals surface area contributed by atoms with Crippen molar-refractivity contribution < 1.29 is 29.0 Å². The zero-order valence-electron chi connectivity index (χ0n) is 9.06. The van der Waals surface area contributed by atoms with Crippen LogP contribution in [0.5, 0.6) is 0 Å². The van der Waals surface area contributed by atoms with E-state index in [9.17, 15) is 4.79 Å². The molecule has 0 aliphatic rings. The average molecular weight is 237 g/mol. The Balaban J connectivity index is 0. The Kier molecular flexibility index (Phi) is 8.97. The van der Waals surface area contributed by atoms with Gasteiger partial charge in [0, 0.05) is 0 Å². The number of hydrogen-bond donors (Lipinski definition) is 0. The van der Waals surface area contributed by atoms with Gasteiger partial charge in [-0.3, -0.25) is 4.79 Å². The summed E-state index contributed by atoms with van der Waals surface area (Å²) >= 11 is 0. The van der Waals surface area contributed by atoms with Crippen LogP contribution in [0.25, 0.3) is 0 Å². The van der Waals surface area contributed by atoms with Crippen molar-refractivity contribution in [2.45, 2.75) is 40.0 Å². The summed E-state index contributed by atoms with van der Waals surface area (Å²) in [6.07, 6.45) is 2.71. The van der Waals surface area contributed by atoms with Gasteiger partial charge >= 0.3 is 25.4 Å². The molecule has 0 unspecified atom stereocenters. The van der Waals surface area contributed by atoms with Crippen molar-refractivity contribution in [2.24, 2.45) is 5.41 Å². The summed E-state index contributed by atoms with van der Waals surface area (Å²) in [5.74, 6) is -0.0987. The second kappa shape index (κ2) is 7.49. The maximum Gasteiger partial charge on any atom is 2.00 e. The first-order chi connectivity index (χ1) is 5.54. The summed E-state index contributed by atoms with van der Waals surface area (Å²) in [5, 5.41) is 0. The first-order valence-corrected chi connectivity index (χ1v) is 4.51. The second-order valence-electron chi connectivity index (χ2n) is 3.56. The van der Waals surface area contributed by atoms with Crippen molar-refractivity contribution in [1.82, 2.24) is 0 Å².